The largest absolute Gasteiger partial charge is 0.444 e. The summed E-state index contributed by atoms with van der Waals surface area (Å²) in [5, 5.41) is 2.35. The van der Waals surface area contributed by atoms with E-state index in [1.165, 1.54) is 4.57 Å². The number of imidazole rings is 1. The van der Waals surface area contributed by atoms with E-state index in [1.54, 1.807) is 16.5 Å². The molecule has 1 N–H and O–H groups in total. The van der Waals surface area contributed by atoms with Gasteiger partial charge < -0.3 is 24.2 Å². The van der Waals surface area contributed by atoms with Gasteiger partial charge in [-0.2, -0.15) is 0 Å². The first-order valence-electron chi connectivity index (χ1n) is 17.5. The van der Waals surface area contributed by atoms with Crippen molar-refractivity contribution < 1.29 is 28.7 Å². The van der Waals surface area contributed by atoms with Crippen molar-refractivity contribution in [1.82, 2.24) is 29.2 Å². The van der Waals surface area contributed by atoms with E-state index in [4.69, 9.17) is 9.47 Å². The summed E-state index contributed by atoms with van der Waals surface area (Å²) in [7, 11) is 1.71. The van der Waals surface area contributed by atoms with Crippen molar-refractivity contribution in [3.63, 3.8) is 0 Å². The highest BCUT2D eigenvalue weighted by atomic mass is 16.6. The molecule has 13 heteroatoms. The first-order chi connectivity index (χ1) is 22.9. The Balaban J connectivity index is 0.887. The number of amides is 4. The van der Waals surface area contributed by atoms with Gasteiger partial charge in [-0.25, -0.2) is 9.59 Å². The van der Waals surface area contributed by atoms with Gasteiger partial charge in [0.2, 0.25) is 17.7 Å². The summed E-state index contributed by atoms with van der Waals surface area (Å²) in [5.74, 6) is -0.426. The van der Waals surface area contributed by atoms with Crippen LogP contribution in [-0.4, -0.2) is 111 Å². The number of hydrogen-bond donors (Lipinski definition) is 1. The Bertz CT molecular complexity index is 1590. The molecule has 4 heterocycles. The van der Waals surface area contributed by atoms with Gasteiger partial charge in [-0.3, -0.25) is 28.8 Å². The zero-order valence-corrected chi connectivity index (χ0v) is 28.7. The van der Waals surface area contributed by atoms with Gasteiger partial charge in [0.15, 0.2) is 0 Å². The van der Waals surface area contributed by atoms with Crippen molar-refractivity contribution in [1.29, 1.82) is 0 Å². The standard InChI is InChI=1S/C35H50N6O7/c1-35(2,3)48-34(46)40-17-15-39(16-18-40)32(44)24-21-25(22-24)38-13-11-26(12-14-38)47-19-5-6-23-7-8-27-29(20-23)37(4)33(45)41(27)28-9-10-30(42)36-31(28)43/h7-8,20,24-26,28H,5-6,9-19,21-22H2,1-4H3,(H,36,42,43)/t24-,25-,28?. The molecule has 1 atom stereocenters. The molecule has 3 saturated heterocycles. The minimum atomic E-state index is -0.683. The van der Waals surface area contributed by atoms with Crippen molar-refractivity contribution in [2.75, 3.05) is 45.9 Å². The molecule has 4 aliphatic rings. The summed E-state index contributed by atoms with van der Waals surface area (Å²) in [4.78, 5) is 68.7. The number of nitrogens with one attached hydrogen (secondary N) is 1. The normalized spacial score (nSPS) is 24.5. The maximum Gasteiger partial charge on any atom is 0.410 e. The molecule has 6 rings (SSSR count). The van der Waals surface area contributed by atoms with Gasteiger partial charge in [-0.1, -0.05) is 6.07 Å². The fourth-order valence-corrected chi connectivity index (χ4v) is 7.51. The highest BCUT2D eigenvalue weighted by Gasteiger charge is 2.41. The number of fused-ring (bicyclic) bond motifs is 1. The second-order valence-electron chi connectivity index (χ2n) is 14.8. The van der Waals surface area contributed by atoms with Gasteiger partial charge in [-0.05, 0) is 83.4 Å². The van der Waals surface area contributed by atoms with Crippen LogP contribution in [0.1, 0.15) is 77.3 Å². The number of aromatic nitrogens is 2. The van der Waals surface area contributed by atoms with Crippen molar-refractivity contribution in [3.05, 3.63) is 34.2 Å². The van der Waals surface area contributed by atoms with Crippen LogP contribution in [0.4, 0.5) is 4.79 Å². The molecule has 13 nitrogen and oxygen atoms in total. The summed E-state index contributed by atoms with van der Waals surface area (Å²) in [5.41, 5.74) is 1.80. The Kier molecular flexibility index (Phi) is 9.98. The van der Waals surface area contributed by atoms with Crippen LogP contribution in [0.15, 0.2) is 23.0 Å². The lowest BCUT2D eigenvalue weighted by atomic mass is 9.77. The summed E-state index contributed by atoms with van der Waals surface area (Å²) < 4.78 is 14.8. The third-order valence-electron chi connectivity index (χ3n) is 10.3. The molecular formula is C35H50N6O7. The maximum absolute atomic E-state index is 13.1. The Hall–Kier alpha value is -3.71. The number of piperidine rings is 2. The van der Waals surface area contributed by atoms with Gasteiger partial charge in [0.05, 0.1) is 17.1 Å². The Morgan fingerprint density at radius 3 is 2.27 bits per heavy atom. The number of hydrogen-bond acceptors (Lipinski definition) is 8. The molecule has 0 spiro atoms. The van der Waals surface area contributed by atoms with Crippen molar-refractivity contribution >= 4 is 34.8 Å². The number of carbonyl (C=O) groups is 4. The number of benzene rings is 1. The van der Waals surface area contributed by atoms with Crippen LogP contribution < -0.4 is 11.0 Å². The fourth-order valence-electron chi connectivity index (χ4n) is 7.51. The zero-order valence-electron chi connectivity index (χ0n) is 28.7. The van der Waals surface area contributed by atoms with Crippen molar-refractivity contribution in [2.45, 2.75) is 95.9 Å². The molecule has 1 aromatic carbocycles. The van der Waals surface area contributed by atoms with Crippen LogP contribution >= 0.6 is 0 Å². The van der Waals surface area contributed by atoms with Gasteiger partial charge in [0.25, 0.3) is 0 Å². The molecule has 4 fully saturated rings. The minimum Gasteiger partial charge on any atom is -0.444 e. The summed E-state index contributed by atoms with van der Waals surface area (Å²) in [6.07, 6.45) is 5.95. The lowest BCUT2D eigenvalue weighted by Crippen LogP contribution is -2.56. The van der Waals surface area contributed by atoms with Crippen LogP contribution in [0, 0.1) is 5.92 Å². The highest BCUT2D eigenvalue weighted by Crippen LogP contribution is 2.35. The topological polar surface area (TPSA) is 135 Å². The highest BCUT2D eigenvalue weighted by molar-refractivity contribution is 6.00. The minimum absolute atomic E-state index is 0.0784. The molecule has 1 unspecified atom stereocenters. The first kappa shape index (κ1) is 34.2. The van der Waals surface area contributed by atoms with Gasteiger partial charge in [-0.15, -0.1) is 0 Å². The quantitative estimate of drug-likeness (QED) is 0.336. The lowest BCUT2D eigenvalue weighted by Gasteiger charge is -2.46. The number of piperazine rings is 1. The third kappa shape index (κ3) is 7.46. The number of carbonyl (C=O) groups excluding carboxylic acids is 4. The number of likely N-dealkylation sites (tertiary alicyclic amines) is 1. The monoisotopic (exact) mass is 666 g/mol. The molecule has 1 aromatic heterocycles. The Morgan fingerprint density at radius 1 is 0.917 bits per heavy atom. The summed E-state index contributed by atoms with van der Waals surface area (Å²) in [6.45, 7) is 10.4. The molecule has 1 aliphatic carbocycles. The molecular weight excluding hydrogens is 616 g/mol. The molecule has 4 amide bonds. The average Bonchev–Trinajstić information content (AvgIpc) is 3.27. The van der Waals surface area contributed by atoms with Crippen LogP contribution in [0.3, 0.4) is 0 Å². The fraction of sp³-hybridized carbons (Fsp3) is 0.686. The van der Waals surface area contributed by atoms with Gasteiger partial charge >= 0.3 is 11.8 Å². The Labute approximate surface area is 281 Å². The molecule has 1 saturated carbocycles. The SMILES string of the molecule is Cn1c(=O)n(C2CCC(=O)NC2=O)c2ccc(CCCOC3CCN([C@H]4C[C@H](C(=O)N5CCN(C(=O)OC(C)(C)C)CC5)C4)CC3)cc21. The number of imide groups is 1. The van der Waals surface area contributed by atoms with Crippen molar-refractivity contribution in [3.8, 4) is 0 Å². The Morgan fingerprint density at radius 2 is 1.60 bits per heavy atom. The van der Waals surface area contributed by atoms with Crippen LogP contribution in [0.5, 0.6) is 0 Å². The predicted molar refractivity (Wildman–Crippen MR) is 178 cm³/mol. The third-order valence-corrected chi connectivity index (χ3v) is 10.3. The number of rotatable bonds is 8. The number of nitrogens with zero attached hydrogens (tertiary/aromatic N) is 5. The lowest BCUT2D eigenvalue weighted by molar-refractivity contribution is -0.143. The van der Waals surface area contributed by atoms with E-state index >= 15 is 0 Å². The van der Waals surface area contributed by atoms with E-state index < -0.39 is 17.6 Å². The summed E-state index contributed by atoms with van der Waals surface area (Å²) >= 11 is 0. The smallest absolute Gasteiger partial charge is 0.410 e. The van der Waals surface area contributed by atoms with E-state index in [1.807, 2.05) is 43.9 Å². The van der Waals surface area contributed by atoms with E-state index in [2.05, 4.69) is 10.2 Å². The first-order valence-corrected chi connectivity index (χ1v) is 17.5. The number of ether oxygens (including phenoxy) is 2. The van der Waals surface area contributed by atoms with E-state index in [0.717, 1.165) is 62.7 Å². The van der Waals surface area contributed by atoms with Crippen LogP contribution in [0.2, 0.25) is 0 Å². The van der Waals surface area contributed by atoms with Crippen molar-refractivity contribution in [2.24, 2.45) is 13.0 Å². The second kappa shape index (κ2) is 14.0. The van der Waals surface area contributed by atoms with Gasteiger partial charge in [0, 0.05) is 71.3 Å². The van der Waals surface area contributed by atoms with Gasteiger partial charge in [0.1, 0.15) is 11.6 Å². The van der Waals surface area contributed by atoms with Crippen LogP contribution in [0.25, 0.3) is 11.0 Å². The van der Waals surface area contributed by atoms with E-state index in [9.17, 15) is 24.0 Å². The summed E-state index contributed by atoms with van der Waals surface area (Å²) in [6, 6.07) is 5.69. The molecule has 3 aliphatic heterocycles. The molecule has 2 aromatic rings. The maximum atomic E-state index is 13.1. The predicted octanol–water partition coefficient (Wildman–Crippen LogP) is 2.59. The van der Waals surface area contributed by atoms with E-state index in [0.29, 0.717) is 50.8 Å². The zero-order chi connectivity index (χ0) is 34.2. The molecule has 0 bridgehead atoms. The van der Waals surface area contributed by atoms with Crippen LogP contribution in [-0.2, 0) is 37.3 Å². The average molecular weight is 667 g/mol. The molecule has 262 valence electrons. The van der Waals surface area contributed by atoms with E-state index in [-0.39, 0.29) is 42.0 Å². The second-order valence-corrected chi connectivity index (χ2v) is 14.8. The molecule has 48 heavy (non-hydrogen) atoms. The molecule has 0 radical (unpaired) electrons. The number of aryl methyl sites for hydroxylation is 2.